The van der Waals surface area contributed by atoms with Crippen LogP contribution in [0, 0.1) is 16.4 Å². The molecular weight excluding hydrogens is 306 g/mol. The van der Waals surface area contributed by atoms with Crippen molar-refractivity contribution in [3.8, 4) is 0 Å². The van der Waals surface area contributed by atoms with Crippen molar-refractivity contribution in [3.63, 3.8) is 0 Å². The predicted octanol–water partition coefficient (Wildman–Crippen LogP) is 2.73. The number of benzene rings is 1. The smallest absolute Gasteiger partial charge is 0.184 e. The second-order valence-electron chi connectivity index (χ2n) is 4.94. The summed E-state index contributed by atoms with van der Waals surface area (Å²) in [5.41, 5.74) is 0.502. The topological polar surface area (TPSA) is 54.9 Å². The highest BCUT2D eigenvalue weighted by Gasteiger charge is 2.27. The molecule has 2 aromatic rings. The van der Waals surface area contributed by atoms with Gasteiger partial charge in [0, 0.05) is 6.04 Å². The fourth-order valence-electron chi connectivity index (χ4n) is 2.64. The molecule has 0 saturated carbocycles. The van der Waals surface area contributed by atoms with Crippen LogP contribution in [0.2, 0.25) is 0 Å². The van der Waals surface area contributed by atoms with Crippen molar-refractivity contribution < 1.29 is 17.2 Å². The lowest BCUT2D eigenvalue weighted by Gasteiger charge is -2.24. The minimum Gasteiger partial charge on any atom is -0.330 e. The van der Waals surface area contributed by atoms with Gasteiger partial charge in [-0.3, -0.25) is 0 Å². The number of aromatic nitrogens is 2. The van der Waals surface area contributed by atoms with Crippen LogP contribution in [-0.4, -0.2) is 29.5 Å². The van der Waals surface area contributed by atoms with Gasteiger partial charge in [-0.1, -0.05) is 0 Å². The van der Waals surface area contributed by atoms with Gasteiger partial charge in [0.2, 0.25) is 0 Å². The van der Waals surface area contributed by atoms with Gasteiger partial charge in [0.05, 0.1) is 17.0 Å². The second kappa shape index (κ2) is 4.63. The van der Waals surface area contributed by atoms with E-state index in [9.17, 15) is 17.2 Å². The van der Waals surface area contributed by atoms with Crippen LogP contribution in [0.5, 0.6) is 0 Å². The van der Waals surface area contributed by atoms with Crippen molar-refractivity contribution >= 4 is 33.1 Å². The lowest BCUT2D eigenvalue weighted by Crippen LogP contribution is -2.25. The molecule has 108 valence electrons. The molecule has 0 atom stereocenters. The molecule has 20 heavy (non-hydrogen) atoms. The van der Waals surface area contributed by atoms with Gasteiger partial charge in [0.1, 0.15) is 15.4 Å². The number of nitrogens with one attached hydrogen (secondary N) is 1. The lowest BCUT2D eigenvalue weighted by molar-refractivity contribution is 0.446. The number of imidazole rings is 1. The van der Waals surface area contributed by atoms with Gasteiger partial charge in [0.15, 0.2) is 16.4 Å². The summed E-state index contributed by atoms with van der Waals surface area (Å²) in [7, 11) is -3.02. The van der Waals surface area contributed by atoms with Crippen LogP contribution in [0.15, 0.2) is 12.1 Å². The number of halogens is 2. The van der Waals surface area contributed by atoms with E-state index in [1.165, 1.54) is 10.6 Å². The van der Waals surface area contributed by atoms with Gasteiger partial charge in [-0.05, 0) is 37.2 Å². The lowest BCUT2D eigenvalue weighted by atomic mass is 10.1. The molecule has 0 aliphatic carbocycles. The SMILES string of the molecule is O=S1(=O)CCC(n2c(=S)[nH]c3ccc(F)c(F)c32)CC1. The molecule has 2 heterocycles. The molecule has 1 saturated heterocycles. The number of aromatic amines is 1. The van der Waals surface area contributed by atoms with Crippen LogP contribution in [0.3, 0.4) is 0 Å². The summed E-state index contributed by atoms with van der Waals surface area (Å²) in [4.78, 5) is 2.83. The largest absolute Gasteiger partial charge is 0.330 e. The number of fused-ring (bicyclic) bond motifs is 1. The van der Waals surface area contributed by atoms with E-state index in [2.05, 4.69) is 4.98 Å². The first-order valence-electron chi connectivity index (χ1n) is 6.18. The van der Waals surface area contributed by atoms with E-state index in [0.29, 0.717) is 18.4 Å². The Morgan fingerprint density at radius 2 is 1.90 bits per heavy atom. The first-order valence-corrected chi connectivity index (χ1v) is 8.40. The summed E-state index contributed by atoms with van der Waals surface area (Å²) in [5, 5.41) is 0. The predicted molar refractivity (Wildman–Crippen MR) is 74.0 cm³/mol. The molecule has 4 nitrogen and oxygen atoms in total. The third kappa shape index (κ3) is 2.16. The van der Waals surface area contributed by atoms with Gasteiger partial charge in [-0.2, -0.15) is 0 Å². The van der Waals surface area contributed by atoms with E-state index in [1.54, 1.807) is 0 Å². The normalized spacial score (nSPS) is 19.5. The third-order valence-electron chi connectivity index (χ3n) is 3.66. The molecule has 1 aromatic carbocycles. The molecule has 1 aliphatic rings. The third-order valence-corrected chi connectivity index (χ3v) is 5.67. The van der Waals surface area contributed by atoms with E-state index in [1.807, 2.05) is 0 Å². The maximum Gasteiger partial charge on any atom is 0.184 e. The van der Waals surface area contributed by atoms with Crippen LogP contribution >= 0.6 is 12.2 Å². The molecule has 0 bridgehead atoms. The summed E-state index contributed by atoms with van der Waals surface area (Å²) in [5.74, 6) is -1.81. The first-order chi connectivity index (χ1) is 9.39. The average Bonchev–Trinajstić information content (AvgIpc) is 2.72. The Balaban J connectivity index is 2.15. The zero-order chi connectivity index (χ0) is 14.5. The van der Waals surface area contributed by atoms with Crippen molar-refractivity contribution in [1.82, 2.24) is 9.55 Å². The molecule has 8 heteroatoms. The molecule has 1 aliphatic heterocycles. The van der Waals surface area contributed by atoms with Gasteiger partial charge in [-0.25, -0.2) is 17.2 Å². The molecule has 0 amide bonds. The number of rotatable bonds is 1. The minimum atomic E-state index is -3.02. The number of hydrogen-bond donors (Lipinski definition) is 1. The maximum absolute atomic E-state index is 14.0. The Morgan fingerprint density at radius 1 is 1.25 bits per heavy atom. The van der Waals surface area contributed by atoms with E-state index in [0.717, 1.165) is 6.07 Å². The Bertz CT molecular complexity index is 825. The highest BCUT2D eigenvalue weighted by molar-refractivity contribution is 7.91. The van der Waals surface area contributed by atoms with Crippen molar-refractivity contribution in [1.29, 1.82) is 0 Å². The molecule has 0 unspecified atom stereocenters. The van der Waals surface area contributed by atoms with Crippen molar-refractivity contribution in [2.45, 2.75) is 18.9 Å². The number of sulfone groups is 1. The fraction of sp³-hybridized carbons (Fsp3) is 0.417. The van der Waals surface area contributed by atoms with Crippen molar-refractivity contribution in [3.05, 3.63) is 28.5 Å². The molecule has 1 aromatic heterocycles. The highest BCUT2D eigenvalue weighted by Crippen LogP contribution is 2.30. The standard InChI is InChI=1S/C12H12F2N2O2S2/c13-8-1-2-9-11(10(8)14)16(12(19)15-9)7-3-5-20(17,18)6-4-7/h1-2,7H,3-6H2,(H,15,19). The second-order valence-corrected chi connectivity index (χ2v) is 7.63. The summed E-state index contributed by atoms with van der Waals surface area (Å²) in [6.45, 7) is 0. The van der Waals surface area contributed by atoms with Gasteiger partial charge >= 0.3 is 0 Å². The molecule has 0 spiro atoms. The Labute approximate surface area is 119 Å². The number of nitrogens with zero attached hydrogens (tertiary/aromatic N) is 1. The fourth-order valence-corrected chi connectivity index (χ4v) is 4.45. The summed E-state index contributed by atoms with van der Waals surface area (Å²) < 4.78 is 52.1. The number of hydrogen-bond acceptors (Lipinski definition) is 3. The summed E-state index contributed by atoms with van der Waals surface area (Å²) >= 11 is 5.16. The van der Waals surface area contributed by atoms with Crippen molar-refractivity contribution in [2.24, 2.45) is 0 Å². The molecule has 1 fully saturated rings. The van der Waals surface area contributed by atoms with E-state index < -0.39 is 21.5 Å². The monoisotopic (exact) mass is 318 g/mol. The minimum absolute atomic E-state index is 0.0447. The Morgan fingerprint density at radius 3 is 2.55 bits per heavy atom. The quantitative estimate of drug-likeness (QED) is 0.823. The van der Waals surface area contributed by atoms with Crippen molar-refractivity contribution in [2.75, 3.05) is 11.5 Å². The first kappa shape index (κ1) is 13.7. The van der Waals surface area contributed by atoms with E-state index in [-0.39, 0.29) is 27.8 Å². The molecule has 0 radical (unpaired) electrons. The molecule has 1 N–H and O–H groups in total. The van der Waals surface area contributed by atoms with Crippen LogP contribution < -0.4 is 0 Å². The maximum atomic E-state index is 14.0. The van der Waals surface area contributed by atoms with Crippen LogP contribution in [0.1, 0.15) is 18.9 Å². The molecular formula is C12H12F2N2O2S2. The zero-order valence-electron chi connectivity index (χ0n) is 10.4. The Hall–Kier alpha value is -1.28. The van der Waals surface area contributed by atoms with Crippen LogP contribution in [0.25, 0.3) is 11.0 Å². The van der Waals surface area contributed by atoms with E-state index in [4.69, 9.17) is 12.2 Å². The van der Waals surface area contributed by atoms with Crippen LogP contribution in [-0.2, 0) is 9.84 Å². The van der Waals surface area contributed by atoms with E-state index >= 15 is 0 Å². The van der Waals surface area contributed by atoms with Gasteiger partial charge in [0.25, 0.3) is 0 Å². The molecule has 3 rings (SSSR count). The van der Waals surface area contributed by atoms with Gasteiger partial charge < -0.3 is 9.55 Å². The average molecular weight is 318 g/mol. The number of H-pyrrole nitrogens is 1. The van der Waals surface area contributed by atoms with Gasteiger partial charge in [-0.15, -0.1) is 0 Å². The highest BCUT2D eigenvalue weighted by atomic mass is 32.2. The summed E-state index contributed by atoms with van der Waals surface area (Å²) in [6.07, 6.45) is 0.721. The van der Waals surface area contributed by atoms with Crippen LogP contribution in [0.4, 0.5) is 8.78 Å². The summed E-state index contributed by atoms with van der Waals surface area (Å²) in [6, 6.07) is 2.24. The zero-order valence-corrected chi connectivity index (χ0v) is 12.0. The Kier molecular flexibility index (Phi) is 3.17.